The Bertz CT molecular complexity index is 752. The van der Waals surface area contributed by atoms with E-state index in [1.54, 1.807) is 0 Å². The third kappa shape index (κ3) is 10.1. The molecule has 9 heteroatoms. The predicted octanol–water partition coefficient (Wildman–Crippen LogP) is 3.05. The van der Waals surface area contributed by atoms with Gasteiger partial charge in [0.2, 0.25) is 0 Å². The number of unbranched alkanes of at least 4 members (excludes halogenated alkanes) is 13. The predicted molar refractivity (Wildman–Crippen MR) is 126 cm³/mol. The zero-order valence-corrected chi connectivity index (χ0v) is 20.1. The minimum absolute atomic E-state index is 0.116. The molecule has 0 amide bonds. The van der Waals surface area contributed by atoms with Crippen LogP contribution in [0.2, 0.25) is 0 Å². The molecule has 1 aromatic rings. The number of aromatic amines is 1. The van der Waals surface area contributed by atoms with Gasteiger partial charge in [-0.3, -0.25) is 9.78 Å². The first-order valence-electron chi connectivity index (χ1n) is 12.8. The first-order valence-corrected chi connectivity index (χ1v) is 12.8. The Labute approximate surface area is 196 Å². The van der Waals surface area contributed by atoms with Crippen LogP contribution in [0.4, 0.5) is 0 Å². The lowest BCUT2D eigenvalue weighted by atomic mass is 10.0. The lowest BCUT2D eigenvalue weighted by molar-refractivity contribution is -0.0739. The molecule has 0 aromatic carbocycles. The molecule has 3 N–H and O–H groups in total. The first-order chi connectivity index (χ1) is 16.0. The number of aliphatic hydroxyl groups excluding tert-OH is 2. The van der Waals surface area contributed by atoms with Crippen molar-refractivity contribution in [2.45, 2.75) is 121 Å². The van der Waals surface area contributed by atoms with Crippen molar-refractivity contribution in [3.8, 4) is 0 Å². The van der Waals surface area contributed by atoms with Gasteiger partial charge in [0.05, 0.1) is 6.61 Å². The second kappa shape index (κ2) is 16.1. The van der Waals surface area contributed by atoms with Gasteiger partial charge in [0, 0.05) is 6.61 Å². The summed E-state index contributed by atoms with van der Waals surface area (Å²) >= 11 is 0. The fourth-order valence-electron chi connectivity index (χ4n) is 4.21. The van der Waals surface area contributed by atoms with Gasteiger partial charge in [0.15, 0.2) is 6.23 Å². The van der Waals surface area contributed by atoms with Crippen LogP contribution in [0.5, 0.6) is 0 Å². The van der Waals surface area contributed by atoms with E-state index in [9.17, 15) is 19.8 Å². The van der Waals surface area contributed by atoms with Gasteiger partial charge in [0.25, 0.3) is 5.56 Å². The van der Waals surface area contributed by atoms with Gasteiger partial charge in [-0.1, -0.05) is 90.4 Å². The number of aliphatic hydroxyl groups is 2. The Kier molecular flexibility index (Phi) is 13.5. The van der Waals surface area contributed by atoms with E-state index in [-0.39, 0.29) is 6.61 Å². The number of aromatic nitrogens is 3. The third-order valence-electron chi connectivity index (χ3n) is 6.24. The van der Waals surface area contributed by atoms with Gasteiger partial charge in [-0.05, 0) is 6.42 Å². The summed E-state index contributed by atoms with van der Waals surface area (Å²) in [6.07, 6.45) is 14.6. The van der Waals surface area contributed by atoms with Crippen molar-refractivity contribution in [1.82, 2.24) is 14.8 Å². The maximum absolute atomic E-state index is 11.8. The van der Waals surface area contributed by atoms with Crippen molar-refractivity contribution >= 4 is 0 Å². The molecular formula is C24H43N3O6. The van der Waals surface area contributed by atoms with Crippen molar-refractivity contribution in [1.29, 1.82) is 0 Å². The van der Waals surface area contributed by atoms with Crippen molar-refractivity contribution in [2.24, 2.45) is 0 Å². The molecule has 190 valence electrons. The highest BCUT2D eigenvalue weighted by atomic mass is 16.6. The minimum atomic E-state index is -1.34. The van der Waals surface area contributed by atoms with Crippen LogP contribution in [0.25, 0.3) is 0 Å². The van der Waals surface area contributed by atoms with Crippen molar-refractivity contribution in [3.05, 3.63) is 27.0 Å². The number of hydrogen-bond donors (Lipinski definition) is 3. The van der Waals surface area contributed by atoms with E-state index in [2.05, 4.69) is 17.0 Å². The Morgan fingerprint density at radius 1 is 0.909 bits per heavy atom. The minimum Gasteiger partial charge on any atom is -0.387 e. The lowest BCUT2D eigenvalue weighted by Crippen LogP contribution is -2.39. The topological polar surface area (TPSA) is 127 Å². The summed E-state index contributed by atoms with van der Waals surface area (Å²) in [5.41, 5.74) is -1.44. The summed E-state index contributed by atoms with van der Waals surface area (Å²) in [5.74, 6) is 0. The molecular weight excluding hydrogens is 426 g/mol. The molecule has 0 radical (unpaired) electrons. The van der Waals surface area contributed by atoms with Gasteiger partial charge in [-0.15, -0.1) is 0 Å². The number of ether oxygens (including phenoxy) is 2. The number of H-pyrrole nitrogens is 1. The van der Waals surface area contributed by atoms with Crippen LogP contribution in [-0.4, -0.2) is 56.5 Å². The average molecular weight is 470 g/mol. The summed E-state index contributed by atoms with van der Waals surface area (Å²) in [7, 11) is 0. The molecule has 0 bridgehead atoms. The summed E-state index contributed by atoms with van der Waals surface area (Å²) in [6, 6.07) is 0. The van der Waals surface area contributed by atoms with E-state index in [1.807, 2.05) is 0 Å². The molecule has 1 fully saturated rings. The van der Waals surface area contributed by atoms with E-state index >= 15 is 0 Å². The molecule has 0 aliphatic carbocycles. The van der Waals surface area contributed by atoms with E-state index in [0.717, 1.165) is 23.7 Å². The number of rotatable bonds is 18. The quantitative estimate of drug-likeness (QED) is 0.282. The van der Waals surface area contributed by atoms with Gasteiger partial charge in [-0.25, -0.2) is 4.79 Å². The Morgan fingerprint density at radius 3 is 2.00 bits per heavy atom. The second-order valence-electron chi connectivity index (χ2n) is 9.10. The molecule has 9 nitrogen and oxygen atoms in total. The number of hydrogen-bond acceptors (Lipinski definition) is 7. The van der Waals surface area contributed by atoms with Crippen LogP contribution >= 0.6 is 0 Å². The smallest absolute Gasteiger partial charge is 0.347 e. The van der Waals surface area contributed by atoms with E-state index in [1.165, 1.54) is 77.0 Å². The molecule has 2 heterocycles. The highest BCUT2D eigenvalue weighted by Crippen LogP contribution is 2.27. The van der Waals surface area contributed by atoms with Crippen LogP contribution in [0.3, 0.4) is 0 Å². The Morgan fingerprint density at radius 2 is 1.45 bits per heavy atom. The van der Waals surface area contributed by atoms with Crippen LogP contribution in [0, 0.1) is 0 Å². The molecule has 1 aromatic heterocycles. The highest BCUT2D eigenvalue weighted by molar-refractivity contribution is 4.89. The van der Waals surface area contributed by atoms with Gasteiger partial charge in [0.1, 0.15) is 24.5 Å². The number of nitrogens with one attached hydrogen (secondary N) is 1. The maximum atomic E-state index is 11.8. The largest absolute Gasteiger partial charge is 0.387 e. The average Bonchev–Trinajstić information content (AvgIpc) is 3.07. The standard InChI is InChI=1S/C24H43N3O6/c1-2-3-4-5-6-7-8-9-10-11-12-13-14-15-16-32-18-19-21(29)22(30)23(33-19)27-24(31)26-20(28)17-25-27/h17,19,21-23,29-30H,2-16,18H2,1H3,(H,26,28,31)/t19-,21-,22-,23-/m1/s1. The molecule has 4 atom stereocenters. The Hall–Kier alpha value is -1.55. The third-order valence-corrected chi connectivity index (χ3v) is 6.24. The molecule has 0 saturated carbocycles. The zero-order valence-electron chi connectivity index (χ0n) is 20.1. The van der Waals surface area contributed by atoms with Crippen LogP contribution in [-0.2, 0) is 9.47 Å². The van der Waals surface area contributed by atoms with Gasteiger partial charge < -0.3 is 19.7 Å². The van der Waals surface area contributed by atoms with Crippen molar-refractivity contribution < 1.29 is 19.7 Å². The summed E-state index contributed by atoms with van der Waals surface area (Å²) in [6.45, 7) is 2.93. The van der Waals surface area contributed by atoms with E-state index < -0.39 is 35.8 Å². The van der Waals surface area contributed by atoms with E-state index in [4.69, 9.17) is 9.47 Å². The first kappa shape index (κ1) is 27.7. The fraction of sp³-hybridized carbons (Fsp3) is 0.875. The van der Waals surface area contributed by atoms with Crippen molar-refractivity contribution in [3.63, 3.8) is 0 Å². The van der Waals surface area contributed by atoms with Crippen LogP contribution < -0.4 is 11.2 Å². The summed E-state index contributed by atoms with van der Waals surface area (Å²) in [5, 5.41) is 24.1. The number of nitrogens with zero attached hydrogens (tertiary/aromatic N) is 2. The highest BCUT2D eigenvalue weighted by Gasteiger charge is 2.44. The zero-order chi connectivity index (χ0) is 23.9. The fourth-order valence-corrected chi connectivity index (χ4v) is 4.21. The molecule has 0 spiro atoms. The summed E-state index contributed by atoms with van der Waals surface area (Å²) in [4.78, 5) is 25.0. The monoisotopic (exact) mass is 469 g/mol. The van der Waals surface area contributed by atoms with Crippen LogP contribution in [0.15, 0.2) is 15.8 Å². The van der Waals surface area contributed by atoms with Gasteiger partial charge >= 0.3 is 5.69 Å². The van der Waals surface area contributed by atoms with Gasteiger partial charge in [-0.2, -0.15) is 9.78 Å². The maximum Gasteiger partial charge on any atom is 0.347 e. The van der Waals surface area contributed by atoms with Crippen LogP contribution in [0.1, 0.15) is 103 Å². The molecule has 0 unspecified atom stereocenters. The Balaban J connectivity index is 1.46. The molecule has 2 rings (SSSR count). The molecule has 1 saturated heterocycles. The normalized spacial score (nSPS) is 22.8. The second-order valence-corrected chi connectivity index (χ2v) is 9.10. The molecule has 1 aliphatic rings. The van der Waals surface area contributed by atoms with Crippen molar-refractivity contribution in [2.75, 3.05) is 13.2 Å². The molecule has 33 heavy (non-hydrogen) atoms. The summed E-state index contributed by atoms with van der Waals surface area (Å²) < 4.78 is 12.0. The lowest BCUT2D eigenvalue weighted by Gasteiger charge is -2.15. The van der Waals surface area contributed by atoms with E-state index in [0.29, 0.717) is 6.61 Å². The SMILES string of the molecule is CCCCCCCCCCCCCCCCOC[C@H]1O[C@@H](n2ncc(=O)[nH]c2=O)[C@H](O)[C@@H]1O. The molecule has 1 aliphatic heterocycles.